The number of benzene rings is 2. The highest BCUT2D eigenvalue weighted by molar-refractivity contribution is 5.78. The van der Waals surface area contributed by atoms with Crippen molar-refractivity contribution in [3.8, 4) is 0 Å². The summed E-state index contributed by atoms with van der Waals surface area (Å²) >= 11 is 0. The van der Waals surface area contributed by atoms with Crippen molar-refractivity contribution in [3.05, 3.63) is 90.0 Å². The van der Waals surface area contributed by atoms with Crippen LogP contribution in [0.4, 0.5) is 4.79 Å². The summed E-state index contributed by atoms with van der Waals surface area (Å²) in [5, 5.41) is 5.72. The molecule has 2 N–H and O–H groups in total. The first-order valence-corrected chi connectivity index (χ1v) is 9.94. The van der Waals surface area contributed by atoms with Gasteiger partial charge in [0, 0.05) is 52.0 Å². The summed E-state index contributed by atoms with van der Waals surface area (Å²) < 4.78 is 1.99. The molecule has 0 unspecified atom stereocenters. The monoisotopic (exact) mass is 405 g/mol. The Labute approximate surface area is 176 Å². The van der Waals surface area contributed by atoms with Crippen molar-refractivity contribution in [1.82, 2.24) is 25.1 Å². The maximum absolute atomic E-state index is 12.2. The van der Waals surface area contributed by atoms with Gasteiger partial charge in [0.25, 0.3) is 0 Å². The predicted molar refractivity (Wildman–Crippen MR) is 116 cm³/mol. The van der Waals surface area contributed by atoms with Gasteiger partial charge >= 0.3 is 6.03 Å². The van der Waals surface area contributed by atoms with Crippen molar-refractivity contribution in [3.63, 3.8) is 0 Å². The molecule has 0 bridgehead atoms. The minimum atomic E-state index is -0.197. The Morgan fingerprint density at radius 2 is 1.73 bits per heavy atom. The highest BCUT2D eigenvalue weighted by Crippen LogP contribution is 2.10. The number of hydrogen-bond acceptors (Lipinski definition) is 3. The summed E-state index contributed by atoms with van der Waals surface area (Å²) in [5.74, 6) is -0.0987. The third-order valence-electron chi connectivity index (χ3n) is 4.74. The Balaban J connectivity index is 1.39. The van der Waals surface area contributed by atoms with Gasteiger partial charge in [0.1, 0.15) is 0 Å². The Morgan fingerprint density at radius 1 is 1.00 bits per heavy atom. The molecule has 0 aliphatic rings. The number of nitrogens with one attached hydrogen (secondary N) is 2. The first-order chi connectivity index (χ1) is 14.6. The number of aromatic nitrogens is 2. The molecular weight excluding hydrogens is 378 g/mol. The van der Waals surface area contributed by atoms with Gasteiger partial charge in [-0.1, -0.05) is 54.6 Å². The van der Waals surface area contributed by atoms with Gasteiger partial charge in [0.2, 0.25) is 5.91 Å². The number of hydrogen-bond donors (Lipinski definition) is 2. The average Bonchev–Trinajstić information content (AvgIpc) is 3.27. The summed E-state index contributed by atoms with van der Waals surface area (Å²) in [6.07, 6.45) is 5.66. The number of rotatable bonds is 9. The van der Waals surface area contributed by atoms with E-state index in [2.05, 4.69) is 15.6 Å². The fourth-order valence-corrected chi connectivity index (χ4v) is 3.09. The quantitative estimate of drug-likeness (QED) is 0.575. The Hall–Kier alpha value is -3.61. The van der Waals surface area contributed by atoms with Crippen LogP contribution in [0, 0.1) is 0 Å². The minimum absolute atomic E-state index is 0.0987. The van der Waals surface area contributed by atoms with Crippen molar-refractivity contribution in [2.75, 3.05) is 13.6 Å². The van der Waals surface area contributed by atoms with Crippen molar-refractivity contribution >= 4 is 11.9 Å². The molecule has 0 spiro atoms. The Morgan fingerprint density at radius 3 is 2.47 bits per heavy atom. The van der Waals surface area contributed by atoms with E-state index < -0.39 is 0 Å². The van der Waals surface area contributed by atoms with Crippen LogP contribution in [-0.2, 0) is 24.4 Å². The van der Waals surface area contributed by atoms with Crippen LogP contribution in [0.5, 0.6) is 0 Å². The molecule has 0 atom stereocenters. The van der Waals surface area contributed by atoms with Gasteiger partial charge in [-0.15, -0.1) is 0 Å². The average molecular weight is 406 g/mol. The molecule has 0 aliphatic carbocycles. The van der Waals surface area contributed by atoms with Crippen LogP contribution < -0.4 is 10.6 Å². The molecule has 0 saturated heterocycles. The first kappa shape index (κ1) is 21.1. The molecule has 7 nitrogen and oxygen atoms in total. The molecule has 0 saturated carbocycles. The van der Waals surface area contributed by atoms with Crippen LogP contribution in [0.3, 0.4) is 0 Å². The minimum Gasteiger partial charge on any atom is -0.352 e. The van der Waals surface area contributed by atoms with Crippen molar-refractivity contribution in [1.29, 1.82) is 0 Å². The van der Waals surface area contributed by atoms with Gasteiger partial charge in [0.15, 0.2) is 0 Å². The molecule has 1 heterocycles. The molecule has 2 aromatic carbocycles. The van der Waals surface area contributed by atoms with E-state index >= 15 is 0 Å². The van der Waals surface area contributed by atoms with E-state index in [0.717, 1.165) is 16.7 Å². The molecule has 3 aromatic rings. The fourth-order valence-electron chi connectivity index (χ4n) is 3.09. The van der Waals surface area contributed by atoms with Gasteiger partial charge in [-0.25, -0.2) is 9.78 Å². The highest BCUT2D eigenvalue weighted by atomic mass is 16.2. The van der Waals surface area contributed by atoms with Gasteiger partial charge < -0.3 is 20.1 Å². The summed E-state index contributed by atoms with van der Waals surface area (Å²) in [6.45, 7) is 1.97. The third-order valence-corrected chi connectivity index (χ3v) is 4.74. The second-order valence-corrected chi connectivity index (χ2v) is 7.10. The summed E-state index contributed by atoms with van der Waals surface area (Å²) in [7, 11) is 1.74. The predicted octanol–water partition coefficient (Wildman–Crippen LogP) is 2.78. The molecule has 156 valence electrons. The molecule has 3 rings (SSSR count). The van der Waals surface area contributed by atoms with Crippen molar-refractivity contribution < 1.29 is 9.59 Å². The number of carbonyl (C=O) groups excluding carboxylic acids is 2. The molecule has 0 fully saturated rings. The van der Waals surface area contributed by atoms with Gasteiger partial charge in [-0.3, -0.25) is 4.79 Å². The lowest BCUT2D eigenvalue weighted by atomic mass is 10.1. The molecular formula is C23H27N5O2. The fraction of sp³-hybridized carbons (Fsp3) is 0.261. The van der Waals surface area contributed by atoms with Crippen molar-refractivity contribution in [2.45, 2.75) is 26.1 Å². The first-order valence-electron chi connectivity index (χ1n) is 9.94. The van der Waals surface area contributed by atoms with E-state index in [9.17, 15) is 9.59 Å². The van der Waals surface area contributed by atoms with E-state index in [4.69, 9.17) is 0 Å². The molecule has 0 radical (unpaired) electrons. The topological polar surface area (TPSA) is 79.3 Å². The largest absolute Gasteiger partial charge is 0.352 e. The van der Waals surface area contributed by atoms with E-state index in [1.807, 2.05) is 65.4 Å². The lowest BCUT2D eigenvalue weighted by molar-refractivity contribution is -0.121. The third kappa shape index (κ3) is 6.48. The van der Waals surface area contributed by atoms with Gasteiger partial charge in [-0.2, -0.15) is 0 Å². The number of nitrogens with zero attached hydrogens (tertiary/aromatic N) is 3. The number of urea groups is 1. The zero-order chi connectivity index (χ0) is 21.2. The van der Waals surface area contributed by atoms with Crippen molar-refractivity contribution in [2.24, 2.45) is 0 Å². The second-order valence-electron chi connectivity index (χ2n) is 7.10. The molecule has 1 aromatic heterocycles. The van der Waals surface area contributed by atoms with E-state index in [1.165, 1.54) is 0 Å². The zero-order valence-electron chi connectivity index (χ0n) is 17.1. The van der Waals surface area contributed by atoms with Crippen LogP contribution in [0.2, 0.25) is 0 Å². The van der Waals surface area contributed by atoms with Crippen LogP contribution in [0.1, 0.15) is 23.1 Å². The van der Waals surface area contributed by atoms with Crippen LogP contribution >= 0.6 is 0 Å². The summed E-state index contributed by atoms with van der Waals surface area (Å²) in [6, 6.07) is 17.6. The van der Waals surface area contributed by atoms with Gasteiger partial charge in [-0.05, 0) is 16.7 Å². The second kappa shape index (κ2) is 10.8. The Kier molecular flexibility index (Phi) is 7.60. The molecule has 30 heavy (non-hydrogen) atoms. The zero-order valence-corrected chi connectivity index (χ0v) is 17.1. The lowest BCUT2D eigenvalue weighted by Gasteiger charge is -2.18. The summed E-state index contributed by atoms with van der Waals surface area (Å²) in [5.41, 5.74) is 3.25. The standard InChI is InChI=1S/C23H27N5O2/c1-27(16-19-7-3-2-4-8-19)23(30)25-12-11-22(29)26-15-20-9-5-6-10-21(20)17-28-14-13-24-18-28/h2-10,13-14,18H,11-12,15-17H2,1H3,(H,25,30)(H,26,29). The summed E-state index contributed by atoms with van der Waals surface area (Å²) in [4.78, 5) is 30.0. The molecule has 3 amide bonds. The number of amides is 3. The van der Waals surface area contributed by atoms with E-state index in [0.29, 0.717) is 26.2 Å². The molecule has 7 heteroatoms. The highest BCUT2D eigenvalue weighted by Gasteiger charge is 2.10. The van der Waals surface area contributed by atoms with Gasteiger partial charge in [0.05, 0.1) is 6.33 Å². The van der Waals surface area contributed by atoms with Crippen LogP contribution in [0.15, 0.2) is 73.3 Å². The van der Waals surface area contributed by atoms with Crippen LogP contribution in [-0.4, -0.2) is 40.0 Å². The molecule has 0 aliphatic heterocycles. The van der Waals surface area contributed by atoms with Crippen LogP contribution in [0.25, 0.3) is 0 Å². The van der Waals surface area contributed by atoms with E-state index in [1.54, 1.807) is 24.5 Å². The SMILES string of the molecule is CN(Cc1ccccc1)C(=O)NCCC(=O)NCc1ccccc1Cn1ccnc1. The number of carbonyl (C=O) groups is 2. The smallest absolute Gasteiger partial charge is 0.317 e. The van der Waals surface area contributed by atoms with E-state index in [-0.39, 0.29) is 18.4 Å². The maximum atomic E-state index is 12.2. The maximum Gasteiger partial charge on any atom is 0.317 e. The lowest BCUT2D eigenvalue weighted by Crippen LogP contribution is -2.38. The number of imidazole rings is 1. The normalized spacial score (nSPS) is 10.4. The Bertz CT molecular complexity index is 941.